The third kappa shape index (κ3) is 4.85. The fourth-order valence-corrected chi connectivity index (χ4v) is 4.19. The van der Waals surface area contributed by atoms with Crippen molar-refractivity contribution in [3.8, 4) is 5.75 Å². The van der Waals surface area contributed by atoms with E-state index in [2.05, 4.69) is 4.52 Å². The van der Waals surface area contributed by atoms with Crippen molar-refractivity contribution in [2.45, 2.75) is 0 Å². The lowest BCUT2D eigenvalue weighted by molar-refractivity contribution is 0.0664. The average molecular weight is 498 g/mol. The summed E-state index contributed by atoms with van der Waals surface area (Å²) >= 11 is 0. The van der Waals surface area contributed by atoms with E-state index < -0.39 is 87.8 Å². The first kappa shape index (κ1) is 25.5. The lowest BCUT2D eigenvalue weighted by Gasteiger charge is -2.20. The summed E-state index contributed by atoms with van der Waals surface area (Å²) in [6.45, 7) is 0. The second-order valence-electron chi connectivity index (χ2n) is 6.26. The van der Waals surface area contributed by atoms with Gasteiger partial charge in [0, 0.05) is 0 Å². The van der Waals surface area contributed by atoms with E-state index >= 15 is 0 Å². The van der Waals surface area contributed by atoms with E-state index in [0.29, 0.717) is 24.3 Å². The Morgan fingerprint density at radius 2 is 0.853 bits per heavy atom. The van der Waals surface area contributed by atoms with Crippen molar-refractivity contribution in [1.29, 1.82) is 0 Å². The number of carboxylic acid groups (broad SMARTS) is 6. The number of hydrogen-bond acceptors (Lipinski definition) is 8. The normalized spacial score (nSPS) is 12.3. The van der Waals surface area contributed by atoms with Gasteiger partial charge in [-0.05, 0) is 24.3 Å². The predicted octanol–water partition coefficient (Wildman–Crippen LogP) is 0.765. The third-order valence-electron chi connectivity index (χ3n) is 4.11. The van der Waals surface area contributed by atoms with Crippen LogP contribution in [0.5, 0.6) is 5.75 Å². The molecule has 0 spiro atoms. The first-order valence-electron chi connectivity index (χ1n) is 8.37. The van der Waals surface area contributed by atoms with Gasteiger partial charge in [-0.15, -0.1) is 0 Å². The molecular weight excluding hydrogens is 487 g/mol. The highest BCUT2D eigenvalue weighted by Gasteiger charge is 2.39. The van der Waals surface area contributed by atoms with Crippen LogP contribution in [0.4, 0.5) is 0 Å². The molecule has 0 radical (unpaired) electrons. The van der Waals surface area contributed by atoms with Gasteiger partial charge in [0.25, 0.3) is 0 Å². The molecule has 1 unspecified atom stereocenters. The molecule has 0 fully saturated rings. The van der Waals surface area contributed by atoms with Crippen LogP contribution < -0.4 is 9.83 Å². The highest BCUT2D eigenvalue weighted by atomic mass is 31.2. The molecule has 0 aliphatic heterocycles. The van der Waals surface area contributed by atoms with Gasteiger partial charge >= 0.3 is 43.4 Å². The van der Waals surface area contributed by atoms with Crippen molar-refractivity contribution >= 4 is 48.7 Å². The van der Waals surface area contributed by atoms with Gasteiger partial charge in [-0.2, -0.15) is 0 Å². The van der Waals surface area contributed by atoms with Gasteiger partial charge in [0.05, 0.1) is 22.3 Å². The van der Waals surface area contributed by atoms with E-state index in [4.69, 9.17) is 10.2 Å². The summed E-state index contributed by atoms with van der Waals surface area (Å²) in [4.78, 5) is 79.2. The van der Waals surface area contributed by atoms with Crippen molar-refractivity contribution in [1.82, 2.24) is 0 Å². The Labute approximate surface area is 186 Å². The predicted molar refractivity (Wildman–Crippen MR) is 105 cm³/mol. The molecule has 2 aromatic rings. The van der Waals surface area contributed by atoms with E-state index in [1.807, 2.05) is 0 Å². The van der Waals surface area contributed by atoms with Crippen LogP contribution in [0.1, 0.15) is 62.1 Å². The Morgan fingerprint density at radius 1 is 0.559 bits per heavy atom. The van der Waals surface area contributed by atoms with Crippen LogP contribution in [-0.4, -0.2) is 71.3 Å². The Balaban J connectivity index is 2.93. The maximum Gasteiger partial charge on any atom is 0.409 e. The fraction of sp³-hybridized carbons (Fsp3) is 0. The molecule has 2 rings (SSSR count). The zero-order valence-electron chi connectivity index (χ0n) is 16.2. The van der Waals surface area contributed by atoms with Gasteiger partial charge in [-0.3, -0.25) is 0 Å². The largest absolute Gasteiger partial charge is 0.478 e. The second-order valence-corrected chi connectivity index (χ2v) is 7.93. The van der Waals surface area contributed by atoms with E-state index in [-0.39, 0.29) is 0 Å². The van der Waals surface area contributed by atoms with Gasteiger partial charge < -0.3 is 40.1 Å². The van der Waals surface area contributed by atoms with E-state index in [1.165, 1.54) is 0 Å². The highest BCUT2D eigenvalue weighted by molar-refractivity contribution is 7.62. The number of benzene rings is 2. The molecule has 178 valence electrons. The summed E-state index contributed by atoms with van der Waals surface area (Å²) < 4.78 is 17.7. The maximum atomic E-state index is 13.0. The van der Waals surface area contributed by atoms with Crippen LogP contribution in [-0.2, 0) is 4.57 Å². The monoisotopic (exact) mass is 498 g/mol. The Bertz CT molecular complexity index is 1270. The number of aromatic carboxylic acids is 6. The Morgan fingerprint density at radius 3 is 1.12 bits per heavy atom. The van der Waals surface area contributed by atoms with Crippen molar-refractivity contribution < 1.29 is 73.4 Å². The molecule has 0 aromatic heterocycles. The van der Waals surface area contributed by atoms with Crippen LogP contribution in [0, 0.1) is 0 Å². The van der Waals surface area contributed by atoms with Gasteiger partial charge in [0.1, 0.15) is 16.4 Å². The first-order chi connectivity index (χ1) is 15.6. The smallest absolute Gasteiger partial charge is 0.409 e. The zero-order chi connectivity index (χ0) is 26.1. The highest BCUT2D eigenvalue weighted by Crippen LogP contribution is 2.46. The number of carboxylic acids is 6. The number of carbonyl (C=O) groups is 6. The Hall–Kier alpha value is -4.75. The molecule has 0 saturated carbocycles. The fourth-order valence-electron chi connectivity index (χ4n) is 2.73. The van der Waals surface area contributed by atoms with Gasteiger partial charge in [0.15, 0.2) is 5.75 Å². The van der Waals surface area contributed by atoms with Crippen LogP contribution in [0.15, 0.2) is 24.3 Å². The lowest BCUT2D eigenvalue weighted by atomic mass is 10.0. The minimum Gasteiger partial charge on any atom is -0.478 e. The molecule has 0 bridgehead atoms. The van der Waals surface area contributed by atoms with Crippen LogP contribution in [0.25, 0.3) is 0 Å². The summed E-state index contributed by atoms with van der Waals surface area (Å²) in [5.74, 6) is -13.1. The quantitative estimate of drug-likeness (QED) is 0.235. The standard InChI is InChI=1S/C18H11O15P/c19-13(20)5-1-7(15(23)24)11(8(2-5)16(25)26)33-34(31,32)12-9(17(27)28)3-6(14(21)22)4-10(12)18(29)30/h1-4H,(H,19,20)(H,21,22)(H,23,24)(H,25,26)(H,27,28)(H,29,30)(H,31,32). The molecule has 2 aromatic carbocycles. The van der Waals surface area contributed by atoms with Gasteiger partial charge in [-0.25, -0.2) is 33.3 Å². The van der Waals surface area contributed by atoms with Crippen molar-refractivity contribution in [3.05, 3.63) is 57.6 Å². The topological polar surface area (TPSA) is 270 Å². The molecule has 0 aliphatic rings. The molecule has 1 atom stereocenters. The van der Waals surface area contributed by atoms with E-state index in [0.717, 1.165) is 0 Å². The van der Waals surface area contributed by atoms with E-state index in [9.17, 15) is 58.7 Å². The first-order valence-corrected chi connectivity index (χ1v) is 9.95. The van der Waals surface area contributed by atoms with E-state index in [1.54, 1.807) is 0 Å². The second kappa shape index (κ2) is 9.01. The number of rotatable bonds is 9. The van der Waals surface area contributed by atoms with Crippen LogP contribution >= 0.6 is 7.60 Å². The van der Waals surface area contributed by atoms with Crippen molar-refractivity contribution in [2.24, 2.45) is 0 Å². The molecule has 0 aliphatic carbocycles. The lowest BCUT2D eigenvalue weighted by Crippen LogP contribution is -2.27. The Kier molecular flexibility index (Phi) is 6.76. The molecule has 7 N–H and O–H groups in total. The van der Waals surface area contributed by atoms with Gasteiger partial charge in [-0.1, -0.05) is 0 Å². The van der Waals surface area contributed by atoms with Crippen LogP contribution in [0.2, 0.25) is 0 Å². The SMILES string of the molecule is O=C(O)c1cc(C(=O)O)c(OP(=O)(O)c2c(C(=O)O)cc(C(=O)O)cc2C(=O)O)c(C(=O)O)c1. The van der Waals surface area contributed by atoms with Crippen molar-refractivity contribution in [2.75, 3.05) is 0 Å². The summed E-state index contributed by atoms with van der Waals surface area (Å²) in [7, 11) is -5.80. The average Bonchev–Trinajstić information content (AvgIpc) is 2.71. The summed E-state index contributed by atoms with van der Waals surface area (Å²) in [6, 6.07) is 1.44. The molecule has 0 heterocycles. The molecule has 0 amide bonds. The third-order valence-corrected chi connectivity index (χ3v) is 5.59. The number of hydrogen-bond donors (Lipinski definition) is 7. The summed E-state index contributed by atoms with van der Waals surface area (Å²) in [5.41, 5.74) is -6.87. The van der Waals surface area contributed by atoms with Crippen molar-refractivity contribution in [3.63, 3.8) is 0 Å². The zero-order valence-corrected chi connectivity index (χ0v) is 17.0. The molecule has 34 heavy (non-hydrogen) atoms. The molecule has 16 heteroatoms. The maximum absolute atomic E-state index is 13.0. The van der Waals surface area contributed by atoms with Crippen LogP contribution in [0.3, 0.4) is 0 Å². The molecule has 0 saturated heterocycles. The minimum absolute atomic E-state index is 0.336. The molecule has 15 nitrogen and oxygen atoms in total. The van der Waals surface area contributed by atoms with Gasteiger partial charge in [0.2, 0.25) is 0 Å². The minimum atomic E-state index is -5.80. The molecular formula is C18H11O15P. The summed E-state index contributed by atoms with van der Waals surface area (Å²) in [5, 5.41) is 54.0. The summed E-state index contributed by atoms with van der Waals surface area (Å²) in [6.07, 6.45) is 0.